The van der Waals surface area contributed by atoms with Crippen LogP contribution in [0.25, 0.3) is 65.4 Å². The molecule has 0 aliphatic carbocycles. The largest absolute Gasteiger partial charge is 0.457 e. The first kappa shape index (κ1) is 51.5. The second kappa shape index (κ2) is 19.1. The molecule has 0 spiro atoms. The molecule has 0 fully saturated rings. The Morgan fingerprint density at radius 1 is 0.276 bits per heavy atom. The van der Waals surface area contributed by atoms with Gasteiger partial charge in [-0.3, -0.25) is 0 Å². The van der Waals surface area contributed by atoms with Gasteiger partial charge in [0.1, 0.15) is 101 Å². The Hall–Kier alpha value is -6.65. The third-order valence-corrected chi connectivity index (χ3v) is 17.4. The third kappa shape index (κ3) is 7.93. The first-order chi connectivity index (χ1) is 36.2. The molecule has 0 N–H and O–H groups in total. The first-order valence-corrected chi connectivity index (χ1v) is 27.9. The minimum atomic E-state index is 0.453. The number of anilines is 6. The summed E-state index contributed by atoms with van der Waals surface area (Å²) in [6.45, 7) is 18.1. The molecular formula is C62H66B10N2O2. The van der Waals surface area contributed by atoms with Gasteiger partial charge < -0.3 is 18.6 Å². The summed E-state index contributed by atoms with van der Waals surface area (Å²) in [5.41, 5.74) is 28.1. The van der Waals surface area contributed by atoms with Crippen molar-refractivity contribution in [1.29, 1.82) is 0 Å². The maximum Gasteiger partial charge on any atom is 0.149 e. The van der Waals surface area contributed by atoms with Crippen LogP contribution in [0.1, 0.15) is 101 Å². The van der Waals surface area contributed by atoms with Gasteiger partial charge in [-0.15, -0.1) is 0 Å². The van der Waals surface area contributed by atoms with E-state index in [4.69, 9.17) is 8.83 Å². The van der Waals surface area contributed by atoms with E-state index in [1.165, 1.54) is 126 Å². The van der Waals surface area contributed by atoms with Crippen LogP contribution in [0.3, 0.4) is 0 Å². The minimum absolute atomic E-state index is 0.453. The van der Waals surface area contributed by atoms with Gasteiger partial charge in [0.05, 0.1) is 0 Å². The number of fused-ring (bicyclic) bond motifs is 8. The van der Waals surface area contributed by atoms with E-state index in [0.29, 0.717) is 23.7 Å². The molecule has 2 heterocycles. The van der Waals surface area contributed by atoms with Crippen LogP contribution in [-0.2, 0) is 0 Å². The van der Waals surface area contributed by atoms with Crippen LogP contribution in [0.15, 0.2) is 118 Å². The zero-order chi connectivity index (χ0) is 54.1. The van der Waals surface area contributed by atoms with E-state index in [1.54, 1.807) is 0 Å². The van der Waals surface area contributed by atoms with Gasteiger partial charge in [0.2, 0.25) is 0 Å². The Morgan fingerprint density at radius 3 is 0.763 bits per heavy atom. The monoisotopic (exact) mass is 981 g/mol. The lowest BCUT2D eigenvalue weighted by atomic mass is 9.69. The van der Waals surface area contributed by atoms with Crippen molar-refractivity contribution < 1.29 is 8.83 Å². The van der Waals surface area contributed by atoms with Crippen LogP contribution in [0.5, 0.6) is 0 Å². The van der Waals surface area contributed by atoms with E-state index in [1.807, 2.05) is 0 Å². The van der Waals surface area contributed by atoms with Crippen LogP contribution in [0.2, 0.25) is 0 Å². The van der Waals surface area contributed by atoms with Crippen molar-refractivity contribution in [3.05, 3.63) is 131 Å². The minimum Gasteiger partial charge on any atom is -0.457 e. The van der Waals surface area contributed by atoms with Gasteiger partial charge in [-0.2, -0.15) is 0 Å². The molecule has 0 atom stereocenters. The summed E-state index contributed by atoms with van der Waals surface area (Å²) in [5.74, 6) is 1.81. The van der Waals surface area contributed by atoms with E-state index in [2.05, 4.69) is 253 Å². The molecule has 0 radical (unpaired) electrons. The van der Waals surface area contributed by atoms with Gasteiger partial charge in [0.25, 0.3) is 0 Å². The average Bonchev–Trinajstić information content (AvgIpc) is 4.12. The molecule has 76 heavy (non-hydrogen) atoms. The Morgan fingerprint density at radius 2 is 0.513 bits per heavy atom. The molecule has 0 aliphatic heterocycles. The molecule has 0 saturated carbocycles. The number of rotatable bonds is 10. The number of furan rings is 2. The van der Waals surface area contributed by atoms with E-state index < -0.39 is 0 Å². The molecule has 14 heteroatoms. The van der Waals surface area contributed by atoms with Gasteiger partial charge >= 0.3 is 0 Å². The summed E-state index contributed by atoms with van der Waals surface area (Å²) in [6.07, 6.45) is 0. The summed E-state index contributed by atoms with van der Waals surface area (Å²) in [5, 5.41) is 9.89. The van der Waals surface area contributed by atoms with Crippen LogP contribution >= 0.6 is 0 Å². The van der Waals surface area contributed by atoms with Crippen molar-refractivity contribution >= 4 is 233 Å². The fraction of sp³-hybridized carbons (Fsp3) is 0.194. The van der Waals surface area contributed by atoms with E-state index >= 15 is 0 Å². The van der Waals surface area contributed by atoms with Crippen LogP contribution in [0.4, 0.5) is 34.1 Å². The molecule has 11 aromatic rings. The van der Waals surface area contributed by atoms with E-state index in [0.717, 1.165) is 50.5 Å². The third-order valence-electron chi connectivity index (χ3n) is 17.4. The van der Waals surface area contributed by atoms with Gasteiger partial charge in [0.15, 0.2) is 0 Å². The Kier molecular flexibility index (Phi) is 12.9. The molecule has 0 aliphatic rings. The Labute approximate surface area is 459 Å². The topological polar surface area (TPSA) is 32.8 Å². The number of nitrogens with zero attached hydrogens (tertiary/aromatic N) is 2. The highest BCUT2D eigenvalue weighted by Crippen LogP contribution is 2.40. The highest BCUT2D eigenvalue weighted by Gasteiger charge is 2.29. The molecule has 2 aromatic heterocycles. The molecule has 366 valence electrons. The van der Waals surface area contributed by atoms with Crippen LogP contribution in [-0.4, -0.2) is 78.5 Å². The second-order valence-corrected chi connectivity index (χ2v) is 23.6. The predicted octanol–water partition coefficient (Wildman–Crippen LogP) is 1.81. The molecule has 0 unspecified atom stereocenters. The predicted molar refractivity (Wildman–Crippen MR) is 364 cm³/mol. The second-order valence-electron chi connectivity index (χ2n) is 23.6. The summed E-state index contributed by atoms with van der Waals surface area (Å²) in [6, 6.07) is 41.4. The molecule has 0 bridgehead atoms. The number of hydrogen-bond acceptors (Lipinski definition) is 4. The summed E-state index contributed by atoms with van der Waals surface area (Å²) in [7, 11) is 22.9. The molecular weight excluding hydrogens is 913 g/mol. The van der Waals surface area contributed by atoms with Crippen LogP contribution < -0.4 is 64.4 Å². The summed E-state index contributed by atoms with van der Waals surface area (Å²) >= 11 is 0. The zero-order valence-electron chi connectivity index (χ0n) is 48.4. The van der Waals surface area contributed by atoms with Crippen molar-refractivity contribution in [1.82, 2.24) is 0 Å². The van der Waals surface area contributed by atoms with Crippen molar-refractivity contribution in [3.63, 3.8) is 0 Å². The molecule has 11 rings (SSSR count). The molecule has 0 saturated heterocycles. The van der Waals surface area contributed by atoms with Crippen molar-refractivity contribution in [2.75, 3.05) is 9.80 Å². The number of hydrogen-bond donors (Lipinski definition) is 0. The standard InChI is InChI=1S/C62H66B10N2O2/c1-27(2)31-9-17-35(18-10-31)73(36-19-11-32(12-20-36)28(3)4)41-25-39(63)43-45(51(41)65)56(70)59-47(53(43)67)49-55(69)50-48-54(68)44-40(64)26-42(52(66)46(44)57(71)60(48)76-62(50)58(72)61(49)75-59)74(37-21-13-33(14-22-37)29(5)6)38-23-15-34(16-24-38)30(7)8/h9-30H,63-72H2,1-8H3. The van der Waals surface area contributed by atoms with Gasteiger partial charge in [-0.1, -0.05) is 142 Å². The maximum absolute atomic E-state index is 7.29. The molecule has 4 nitrogen and oxygen atoms in total. The lowest BCUT2D eigenvalue weighted by molar-refractivity contribution is 0.664. The lowest BCUT2D eigenvalue weighted by Crippen LogP contribution is -2.31. The average molecular weight is 979 g/mol. The van der Waals surface area contributed by atoms with E-state index in [9.17, 15) is 0 Å². The van der Waals surface area contributed by atoms with E-state index in [-0.39, 0.29) is 0 Å². The lowest BCUT2D eigenvalue weighted by Gasteiger charge is -2.30. The molecule has 0 amide bonds. The normalized spacial score (nSPS) is 12.2. The first-order valence-electron chi connectivity index (χ1n) is 27.9. The van der Waals surface area contributed by atoms with Gasteiger partial charge in [0, 0.05) is 55.7 Å². The fourth-order valence-electron chi connectivity index (χ4n) is 13.1. The molecule has 9 aromatic carbocycles. The highest BCUT2D eigenvalue weighted by atomic mass is 16.3. The summed E-state index contributed by atoms with van der Waals surface area (Å²) in [4.78, 5) is 4.90. The summed E-state index contributed by atoms with van der Waals surface area (Å²) < 4.78 is 14.6. The smallest absolute Gasteiger partial charge is 0.149 e. The van der Waals surface area contributed by atoms with Gasteiger partial charge in [-0.05, 0) is 145 Å². The highest BCUT2D eigenvalue weighted by molar-refractivity contribution is 6.68. The van der Waals surface area contributed by atoms with Gasteiger partial charge in [-0.25, -0.2) is 0 Å². The number of benzene rings is 9. The quantitative estimate of drug-likeness (QED) is 0.196. The van der Waals surface area contributed by atoms with Crippen LogP contribution in [0, 0.1) is 0 Å². The maximum atomic E-state index is 7.29. The van der Waals surface area contributed by atoms with Crippen molar-refractivity contribution in [3.8, 4) is 0 Å². The van der Waals surface area contributed by atoms with Crippen molar-refractivity contribution in [2.24, 2.45) is 0 Å². The fourth-order valence-corrected chi connectivity index (χ4v) is 13.1. The zero-order valence-corrected chi connectivity index (χ0v) is 48.4. The van der Waals surface area contributed by atoms with Crippen molar-refractivity contribution in [2.45, 2.75) is 79.1 Å². The Bertz CT molecular complexity index is 3790. The Balaban J connectivity index is 1.13. The SMILES string of the molecule is Bc1c2oc3c(B)c4c(B)c(N(c5ccc(C(C)C)cc5)c5ccc(C(C)C)cc5)cc(B)c4c(B)c3c2c(B)c2c1oc1c(B)c3c(B)c(N(c4ccc(C(C)C)cc4)c4ccc(C(C)C)cc4)cc(B)c3c(B)c12.